The van der Waals surface area contributed by atoms with Crippen molar-refractivity contribution in [3.63, 3.8) is 0 Å². The molecule has 0 aromatic heterocycles. The summed E-state index contributed by atoms with van der Waals surface area (Å²) in [4.78, 5) is 0. The molecular formula is C10H21NO2. The zero-order valence-electron chi connectivity index (χ0n) is 8.77. The fourth-order valence-corrected chi connectivity index (χ4v) is 0.852. The van der Waals surface area contributed by atoms with Crippen LogP contribution in [-0.2, 0) is 9.47 Å². The van der Waals surface area contributed by atoms with Crippen molar-refractivity contribution in [2.75, 3.05) is 40.0 Å². The van der Waals surface area contributed by atoms with Crippen molar-refractivity contribution in [1.29, 1.82) is 0 Å². The first-order chi connectivity index (χ1) is 6.31. The first-order valence-electron chi connectivity index (χ1n) is 4.75. The summed E-state index contributed by atoms with van der Waals surface area (Å²) < 4.78 is 10.2. The fraction of sp³-hybridized carbons (Fsp3) is 0.800. The molecule has 0 aliphatic rings. The Kier molecular flexibility index (Phi) is 9.42. The quantitative estimate of drug-likeness (QED) is 0.434. The Bertz CT molecular complexity index is 126. The largest absolute Gasteiger partial charge is 0.382 e. The number of rotatable bonds is 9. The van der Waals surface area contributed by atoms with Gasteiger partial charge in [0, 0.05) is 13.7 Å². The summed E-state index contributed by atoms with van der Waals surface area (Å²) >= 11 is 0. The molecule has 3 nitrogen and oxygen atoms in total. The van der Waals surface area contributed by atoms with Crippen molar-refractivity contribution in [3.8, 4) is 0 Å². The molecule has 0 fully saturated rings. The predicted octanol–water partition coefficient (Wildman–Crippen LogP) is 1.21. The van der Waals surface area contributed by atoms with E-state index in [-0.39, 0.29) is 0 Å². The molecule has 0 rings (SSSR count). The second-order valence-corrected chi connectivity index (χ2v) is 2.97. The molecule has 1 N–H and O–H groups in total. The highest BCUT2D eigenvalue weighted by molar-refractivity contribution is 4.96. The lowest BCUT2D eigenvalue weighted by atomic mass is 10.3. The Morgan fingerprint density at radius 3 is 2.77 bits per heavy atom. The lowest BCUT2D eigenvalue weighted by molar-refractivity contribution is 0.0818. The van der Waals surface area contributed by atoms with E-state index in [0.717, 1.165) is 25.1 Å². The summed E-state index contributed by atoms with van der Waals surface area (Å²) in [6.45, 7) is 9.84. The van der Waals surface area contributed by atoms with E-state index in [2.05, 4.69) is 18.8 Å². The molecule has 78 valence electrons. The van der Waals surface area contributed by atoms with Gasteiger partial charge < -0.3 is 14.8 Å². The molecule has 0 saturated carbocycles. The highest BCUT2D eigenvalue weighted by Gasteiger charge is 1.93. The summed E-state index contributed by atoms with van der Waals surface area (Å²) in [5.41, 5.74) is 1.09. The highest BCUT2D eigenvalue weighted by atomic mass is 16.5. The SMILES string of the molecule is C=C(CNCCC)COCCOC. The van der Waals surface area contributed by atoms with Gasteiger partial charge in [0.15, 0.2) is 0 Å². The van der Waals surface area contributed by atoms with Gasteiger partial charge in [0.05, 0.1) is 19.8 Å². The Morgan fingerprint density at radius 1 is 1.38 bits per heavy atom. The van der Waals surface area contributed by atoms with Crippen LogP contribution in [0.2, 0.25) is 0 Å². The zero-order chi connectivity index (χ0) is 9.94. The molecule has 3 heteroatoms. The Morgan fingerprint density at radius 2 is 2.15 bits per heavy atom. The van der Waals surface area contributed by atoms with E-state index < -0.39 is 0 Å². The van der Waals surface area contributed by atoms with Gasteiger partial charge in [-0.2, -0.15) is 0 Å². The average Bonchev–Trinajstić information content (AvgIpc) is 2.13. The lowest BCUT2D eigenvalue weighted by Gasteiger charge is -2.07. The number of nitrogens with one attached hydrogen (secondary N) is 1. The molecule has 0 spiro atoms. The van der Waals surface area contributed by atoms with Crippen LogP contribution in [-0.4, -0.2) is 40.0 Å². The van der Waals surface area contributed by atoms with Gasteiger partial charge in [-0.3, -0.25) is 0 Å². The molecule has 0 aliphatic carbocycles. The summed E-state index contributed by atoms with van der Waals surface area (Å²) in [6.07, 6.45) is 1.15. The third kappa shape index (κ3) is 9.53. The van der Waals surface area contributed by atoms with Gasteiger partial charge in [-0.1, -0.05) is 13.5 Å². The molecule has 0 aliphatic heterocycles. The highest BCUT2D eigenvalue weighted by Crippen LogP contribution is 1.89. The van der Waals surface area contributed by atoms with Crippen LogP contribution in [0.15, 0.2) is 12.2 Å². The molecule has 0 saturated heterocycles. The van der Waals surface area contributed by atoms with E-state index >= 15 is 0 Å². The lowest BCUT2D eigenvalue weighted by Crippen LogP contribution is -2.19. The Labute approximate surface area is 81.1 Å². The van der Waals surface area contributed by atoms with Crippen molar-refractivity contribution in [2.45, 2.75) is 13.3 Å². The summed E-state index contributed by atoms with van der Waals surface area (Å²) in [6, 6.07) is 0. The summed E-state index contributed by atoms with van der Waals surface area (Å²) in [5.74, 6) is 0. The van der Waals surface area contributed by atoms with Gasteiger partial charge >= 0.3 is 0 Å². The van der Waals surface area contributed by atoms with Crippen LogP contribution in [0.25, 0.3) is 0 Å². The number of hydrogen-bond acceptors (Lipinski definition) is 3. The molecule has 0 unspecified atom stereocenters. The predicted molar refractivity (Wildman–Crippen MR) is 55.0 cm³/mol. The first kappa shape index (κ1) is 12.6. The van der Waals surface area contributed by atoms with E-state index in [0.29, 0.717) is 19.8 Å². The standard InChI is InChI=1S/C10H21NO2/c1-4-5-11-8-10(2)9-13-7-6-12-3/h11H,2,4-9H2,1,3H3. The maximum atomic E-state index is 5.30. The van der Waals surface area contributed by atoms with Crippen molar-refractivity contribution in [1.82, 2.24) is 5.32 Å². The number of methoxy groups -OCH3 is 1. The number of hydrogen-bond donors (Lipinski definition) is 1. The Balaban J connectivity index is 3.11. The molecule has 0 aromatic carbocycles. The molecule has 13 heavy (non-hydrogen) atoms. The minimum atomic E-state index is 0.625. The molecule has 0 atom stereocenters. The van der Waals surface area contributed by atoms with Gasteiger partial charge in [0.1, 0.15) is 0 Å². The third-order valence-corrected chi connectivity index (χ3v) is 1.54. The van der Waals surface area contributed by atoms with E-state index in [1.807, 2.05) is 0 Å². The van der Waals surface area contributed by atoms with Crippen LogP contribution in [0.4, 0.5) is 0 Å². The molecule has 0 radical (unpaired) electrons. The van der Waals surface area contributed by atoms with Crippen molar-refractivity contribution < 1.29 is 9.47 Å². The maximum Gasteiger partial charge on any atom is 0.0704 e. The van der Waals surface area contributed by atoms with E-state index in [1.165, 1.54) is 0 Å². The third-order valence-electron chi connectivity index (χ3n) is 1.54. The van der Waals surface area contributed by atoms with Gasteiger partial charge in [-0.15, -0.1) is 0 Å². The first-order valence-corrected chi connectivity index (χ1v) is 4.75. The molecule has 0 aromatic rings. The minimum absolute atomic E-state index is 0.625. The van der Waals surface area contributed by atoms with Crippen molar-refractivity contribution in [3.05, 3.63) is 12.2 Å². The smallest absolute Gasteiger partial charge is 0.0704 e. The van der Waals surface area contributed by atoms with Crippen LogP contribution in [0, 0.1) is 0 Å². The van der Waals surface area contributed by atoms with Crippen molar-refractivity contribution >= 4 is 0 Å². The molecule has 0 bridgehead atoms. The monoisotopic (exact) mass is 187 g/mol. The second-order valence-electron chi connectivity index (χ2n) is 2.97. The molecule has 0 amide bonds. The van der Waals surface area contributed by atoms with Gasteiger partial charge in [-0.05, 0) is 18.5 Å². The van der Waals surface area contributed by atoms with Crippen LogP contribution in [0.1, 0.15) is 13.3 Å². The summed E-state index contributed by atoms with van der Waals surface area (Å²) in [7, 11) is 1.67. The number of ether oxygens (including phenoxy) is 2. The topological polar surface area (TPSA) is 30.5 Å². The van der Waals surface area contributed by atoms with Gasteiger partial charge in [0.25, 0.3) is 0 Å². The van der Waals surface area contributed by atoms with E-state index in [4.69, 9.17) is 9.47 Å². The fourth-order valence-electron chi connectivity index (χ4n) is 0.852. The second kappa shape index (κ2) is 9.71. The zero-order valence-corrected chi connectivity index (χ0v) is 8.77. The van der Waals surface area contributed by atoms with E-state index in [9.17, 15) is 0 Å². The van der Waals surface area contributed by atoms with Crippen molar-refractivity contribution in [2.24, 2.45) is 0 Å². The van der Waals surface area contributed by atoms with E-state index in [1.54, 1.807) is 7.11 Å². The Hall–Kier alpha value is -0.380. The molecular weight excluding hydrogens is 166 g/mol. The minimum Gasteiger partial charge on any atom is -0.382 e. The van der Waals surface area contributed by atoms with Gasteiger partial charge in [0.2, 0.25) is 0 Å². The normalized spacial score (nSPS) is 10.3. The van der Waals surface area contributed by atoms with Crippen LogP contribution >= 0.6 is 0 Å². The van der Waals surface area contributed by atoms with Crippen LogP contribution < -0.4 is 5.32 Å². The van der Waals surface area contributed by atoms with Gasteiger partial charge in [-0.25, -0.2) is 0 Å². The average molecular weight is 187 g/mol. The van der Waals surface area contributed by atoms with Crippen LogP contribution in [0.3, 0.4) is 0 Å². The van der Waals surface area contributed by atoms with Crippen LogP contribution in [0.5, 0.6) is 0 Å². The molecule has 0 heterocycles. The maximum absolute atomic E-state index is 5.30. The summed E-state index contributed by atoms with van der Waals surface area (Å²) in [5, 5.41) is 3.26.